The molecular formula is C5H13NO2. The SMILES string of the molecule is CNC(C)CC(O)O. The summed E-state index contributed by atoms with van der Waals surface area (Å²) in [5.41, 5.74) is 0. The Hall–Kier alpha value is -0.120. The van der Waals surface area contributed by atoms with E-state index in [9.17, 15) is 0 Å². The molecule has 0 saturated heterocycles. The Morgan fingerprint density at radius 2 is 2.00 bits per heavy atom. The highest BCUT2D eigenvalue weighted by molar-refractivity contribution is 4.56. The van der Waals surface area contributed by atoms with Crippen molar-refractivity contribution in [3.63, 3.8) is 0 Å². The van der Waals surface area contributed by atoms with Crippen LogP contribution in [0.3, 0.4) is 0 Å². The molecule has 1 atom stereocenters. The Balaban J connectivity index is 3.10. The van der Waals surface area contributed by atoms with E-state index in [0.29, 0.717) is 6.42 Å². The molecule has 0 aromatic carbocycles. The van der Waals surface area contributed by atoms with Crippen LogP contribution < -0.4 is 5.32 Å². The Morgan fingerprint density at radius 3 is 2.12 bits per heavy atom. The minimum absolute atomic E-state index is 0.176. The van der Waals surface area contributed by atoms with E-state index in [2.05, 4.69) is 5.32 Å². The van der Waals surface area contributed by atoms with Crippen molar-refractivity contribution in [2.24, 2.45) is 0 Å². The topological polar surface area (TPSA) is 52.5 Å². The van der Waals surface area contributed by atoms with Crippen LogP contribution in [0.25, 0.3) is 0 Å². The molecule has 1 unspecified atom stereocenters. The summed E-state index contributed by atoms with van der Waals surface area (Å²) >= 11 is 0. The Kier molecular flexibility index (Phi) is 3.77. The van der Waals surface area contributed by atoms with Crippen molar-refractivity contribution in [2.75, 3.05) is 7.05 Å². The van der Waals surface area contributed by atoms with Gasteiger partial charge in [0.05, 0.1) is 0 Å². The predicted molar refractivity (Wildman–Crippen MR) is 31.4 cm³/mol. The van der Waals surface area contributed by atoms with Crippen LogP contribution in [-0.2, 0) is 0 Å². The van der Waals surface area contributed by atoms with E-state index in [1.807, 2.05) is 6.92 Å². The molecule has 0 amide bonds. The third-order valence-corrected chi connectivity index (χ3v) is 1.06. The van der Waals surface area contributed by atoms with E-state index in [0.717, 1.165) is 0 Å². The highest BCUT2D eigenvalue weighted by atomic mass is 16.5. The fourth-order valence-corrected chi connectivity index (χ4v) is 0.434. The van der Waals surface area contributed by atoms with E-state index < -0.39 is 6.29 Å². The lowest BCUT2D eigenvalue weighted by atomic mass is 10.2. The Labute approximate surface area is 49.3 Å². The molecule has 0 rings (SSSR count). The van der Waals surface area contributed by atoms with E-state index in [1.165, 1.54) is 0 Å². The van der Waals surface area contributed by atoms with Gasteiger partial charge in [-0.1, -0.05) is 0 Å². The summed E-state index contributed by atoms with van der Waals surface area (Å²) in [7, 11) is 1.78. The first kappa shape index (κ1) is 7.88. The molecule has 3 N–H and O–H groups in total. The normalized spacial score (nSPS) is 14.6. The minimum Gasteiger partial charge on any atom is -0.368 e. The number of hydrogen-bond acceptors (Lipinski definition) is 3. The molecule has 50 valence electrons. The third-order valence-electron chi connectivity index (χ3n) is 1.06. The van der Waals surface area contributed by atoms with Gasteiger partial charge in [-0.15, -0.1) is 0 Å². The Morgan fingerprint density at radius 1 is 1.50 bits per heavy atom. The van der Waals surface area contributed by atoms with Crippen LogP contribution in [-0.4, -0.2) is 29.6 Å². The molecule has 0 aliphatic carbocycles. The van der Waals surface area contributed by atoms with Gasteiger partial charge in [0, 0.05) is 12.5 Å². The number of hydrogen-bond donors (Lipinski definition) is 3. The van der Waals surface area contributed by atoms with Gasteiger partial charge in [-0.3, -0.25) is 0 Å². The number of nitrogens with one attached hydrogen (secondary N) is 1. The van der Waals surface area contributed by atoms with Crippen LogP contribution >= 0.6 is 0 Å². The first-order chi connectivity index (χ1) is 3.66. The minimum atomic E-state index is -1.18. The molecule has 0 heterocycles. The summed E-state index contributed by atoms with van der Waals surface area (Å²) in [6.07, 6.45) is -0.798. The van der Waals surface area contributed by atoms with Crippen molar-refractivity contribution in [3.05, 3.63) is 0 Å². The summed E-state index contributed by atoms with van der Waals surface area (Å²) in [6.45, 7) is 1.89. The maximum atomic E-state index is 8.37. The molecule has 0 aliphatic heterocycles. The molecule has 0 aliphatic rings. The van der Waals surface area contributed by atoms with Gasteiger partial charge >= 0.3 is 0 Å². The molecule has 0 bridgehead atoms. The second-order valence-electron chi connectivity index (χ2n) is 1.91. The van der Waals surface area contributed by atoms with Crippen LogP contribution in [0.4, 0.5) is 0 Å². The van der Waals surface area contributed by atoms with Crippen LogP contribution in [0.1, 0.15) is 13.3 Å². The van der Waals surface area contributed by atoms with Crippen molar-refractivity contribution < 1.29 is 10.2 Å². The molecule has 8 heavy (non-hydrogen) atoms. The second kappa shape index (κ2) is 3.83. The van der Waals surface area contributed by atoms with E-state index in [-0.39, 0.29) is 6.04 Å². The van der Waals surface area contributed by atoms with Crippen molar-refractivity contribution in [2.45, 2.75) is 25.7 Å². The predicted octanol–water partition coefficient (Wildman–Crippen LogP) is -0.705. The maximum absolute atomic E-state index is 8.37. The fraction of sp³-hybridized carbons (Fsp3) is 1.00. The van der Waals surface area contributed by atoms with Gasteiger partial charge in [0.2, 0.25) is 0 Å². The summed E-state index contributed by atoms with van der Waals surface area (Å²) in [5, 5.41) is 19.6. The highest BCUT2D eigenvalue weighted by Crippen LogP contribution is 1.91. The van der Waals surface area contributed by atoms with Crippen molar-refractivity contribution in [1.82, 2.24) is 5.32 Å². The molecular weight excluding hydrogens is 106 g/mol. The van der Waals surface area contributed by atoms with Crippen molar-refractivity contribution >= 4 is 0 Å². The summed E-state index contributed by atoms with van der Waals surface area (Å²) in [4.78, 5) is 0. The van der Waals surface area contributed by atoms with Crippen LogP contribution in [0.15, 0.2) is 0 Å². The molecule has 0 aromatic heterocycles. The molecule has 0 radical (unpaired) electrons. The first-order valence-electron chi connectivity index (χ1n) is 2.70. The summed E-state index contributed by atoms with van der Waals surface area (Å²) in [5.74, 6) is 0. The van der Waals surface area contributed by atoms with E-state index in [1.54, 1.807) is 7.05 Å². The average molecular weight is 119 g/mol. The lowest BCUT2D eigenvalue weighted by Crippen LogP contribution is -2.26. The monoisotopic (exact) mass is 119 g/mol. The molecule has 0 aromatic rings. The van der Waals surface area contributed by atoms with Gasteiger partial charge < -0.3 is 15.5 Å². The zero-order valence-corrected chi connectivity index (χ0v) is 5.26. The van der Waals surface area contributed by atoms with Crippen molar-refractivity contribution in [1.29, 1.82) is 0 Å². The highest BCUT2D eigenvalue weighted by Gasteiger charge is 2.02. The van der Waals surface area contributed by atoms with Gasteiger partial charge in [0.15, 0.2) is 6.29 Å². The van der Waals surface area contributed by atoms with Gasteiger partial charge in [0.1, 0.15) is 0 Å². The van der Waals surface area contributed by atoms with Gasteiger partial charge in [-0.25, -0.2) is 0 Å². The smallest absolute Gasteiger partial charge is 0.152 e. The van der Waals surface area contributed by atoms with E-state index >= 15 is 0 Å². The second-order valence-corrected chi connectivity index (χ2v) is 1.91. The molecule has 0 spiro atoms. The molecule has 0 saturated carbocycles. The van der Waals surface area contributed by atoms with Crippen LogP contribution in [0, 0.1) is 0 Å². The number of aliphatic hydroxyl groups excluding tert-OH is 1. The average Bonchev–Trinajstić information content (AvgIpc) is 1.65. The third kappa shape index (κ3) is 4.05. The lowest BCUT2D eigenvalue weighted by Gasteiger charge is -2.09. The maximum Gasteiger partial charge on any atom is 0.152 e. The summed E-state index contributed by atoms with van der Waals surface area (Å²) < 4.78 is 0. The van der Waals surface area contributed by atoms with Gasteiger partial charge in [-0.05, 0) is 14.0 Å². The standard InChI is InChI=1S/C5H13NO2/c1-4(6-2)3-5(7)8/h4-8H,3H2,1-2H3. The Bertz CT molecular complexity index is 56.4. The first-order valence-corrected chi connectivity index (χ1v) is 2.70. The number of rotatable bonds is 3. The van der Waals surface area contributed by atoms with E-state index in [4.69, 9.17) is 10.2 Å². The lowest BCUT2D eigenvalue weighted by molar-refractivity contribution is -0.0499. The van der Waals surface area contributed by atoms with Crippen molar-refractivity contribution in [3.8, 4) is 0 Å². The van der Waals surface area contributed by atoms with Gasteiger partial charge in [0.25, 0.3) is 0 Å². The zero-order valence-electron chi connectivity index (χ0n) is 5.26. The molecule has 3 heteroatoms. The fourth-order valence-electron chi connectivity index (χ4n) is 0.434. The van der Waals surface area contributed by atoms with Crippen LogP contribution in [0.5, 0.6) is 0 Å². The summed E-state index contributed by atoms with van der Waals surface area (Å²) in [6, 6.07) is 0.176. The number of aliphatic hydroxyl groups is 2. The zero-order chi connectivity index (χ0) is 6.57. The molecule has 0 fully saturated rings. The largest absolute Gasteiger partial charge is 0.368 e. The molecule has 3 nitrogen and oxygen atoms in total. The van der Waals surface area contributed by atoms with Crippen LogP contribution in [0.2, 0.25) is 0 Å². The van der Waals surface area contributed by atoms with Gasteiger partial charge in [-0.2, -0.15) is 0 Å². The quantitative estimate of drug-likeness (QED) is 0.430.